The Hall–Kier alpha value is -1.56. The zero-order valence-electron chi connectivity index (χ0n) is 15.3. The first-order valence-electron chi connectivity index (χ1n) is 8.64. The van der Waals surface area contributed by atoms with Crippen LogP contribution in [0, 0.1) is 0 Å². The van der Waals surface area contributed by atoms with Gasteiger partial charge in [0.2, 0.25) is 0 Å². The SMILES string of the molecule is CC[C@@H](Oc1ccc(OC)cc1)C(=O)NCCSCc1c(Cl)cccc1Cl. The second-order valence-electron chi connectivity index (χ2n) is 5.73. The molecule has 0 aliphatic carbocycles. The molecule has 0 heterocycles. The van der Waals surface area contributed by atoms with Crippen LogP contribution in [-0.4, -0.2) is 31.4 Å². The molecule has 2 aromatic rings. The Morgan fingerprint density at radius 3 is 2.33 bits per heavy atom. The minimum atomic E-state index is -0.526. The maximum atomic E-state index is 12.3. The Morgan fingerprint density at radius 2 is 1.74 bits per heavy atom. The summed E-state index contributed by atoms with van der Waals surface area (Å²) < 4.78 is 10.9. The van der Waals surface area contributed by atoms with E-state index in [0.717, 1.165) is 17.1 Å². The zero-order chi connectivity index (χ0) is 19.6. The summed E-state index contributed by atoms with van der Waals surface area (Å²) in [6.45, 7) is 2.47. The van der Waals surface area contributed by atoms with Crippen LogP contribution in [0.25, 0.3) is 0 Å². The maximum absolute atomic E-state index is 12.3. The second kappa shape index (κ2) is 11.3. The van der Waals surface area contributed by atoms with Gasteiger partial charge in [-0.25, -0.2) is 0 Å². The highest BCUT2D eigenvalue weighted by Gasteiger charge is 2.17. The van der Waals surface area contributed by atoms with Gasteiger partial charge < -0.3 is 14.8 Å². The van der Waals surface area contributed by atoms with Gasteiger partial charge in [-0.1, -0.05) is 36.2 Å². The monoisotopic (exact) mass is 427 g/mol. The molecule has 0 fully saturated rings. The normalized spacial score (nSPS) is 11.7. The molecule has 7 heteroatoms. The highest BCUT2D eigenvalue weighted by atomic mass is 35.5. The lowest BCUT2D eigenvalue weighted by Crippen LogP contribution is -2.39. The fourth-order valence-corrected chi connectivity index (χ4v) is 3.94. The summed E-state index contributed by atoms with van der Waals surface area (Å²) in [4.78, 5) is 12.3. The lowest BCUT2D eigenvalue weighted by atomic mass is 10.2. The van der Waals surface area contributed by atoms with Gasteiger partial charge in [-0.05, 0) is 48.4 Å². The average molecular weight is 428 g/mol. The van der Waals surface area contributed by atoms with Crippen molar-refractivity contribution < 1.29 is 14.3 Å². The number of ether oxygens (including phenoxy) is 2. The molecule has 0 saturated heterocycles. The van der Waals surface area contributed by atoms with Gasteiger partial charge >= 0.3 is 0 Å². The average Bonchev–Trinajstić information content (AvgIpc) is 2.68. The highest BCUT2D eigenvalue weighted by Crippen LogP contribution is 2.28. The number of nitrogens with one attached hydrogen (secondary N) is 1. The van der Waals surface area contributed by atoms with E-state index in [9.17, 15) is 4.79 Å². The van der Waals surface area contributed by atoms with Crippen LogP contribution in [0.4, 0.5) is 0 Å². The number of carbonyl (C=O) groups is 1. The smallest absolute Gasteiger partial charge is 0.261 e. The number of hydrogen-bond acceptors (Lipinski definition) is 4. The number of carbonyl (C=O) groups excluding carboxylic acids is 1. The molecule has 146 valence electrons. The molecular formula is C20H23Cl2NO3S. The summed E-state index contributed by atoms with van der Waals surface area (Å²) in [7, 11) is 1.61. The van der Waals surface area contributed by atoms with Crippen LogP contribution in [0.15, 0.2) is 42.5 Å². The Kier molecular flexibility index (Phi) is 9.11. The second-order valence-corrected chi connectivity index (χ2v) is 7.65. The zero-order valence-corrected chi connectivity index (χ0v) is 17.7. The third kappa shape index (κ3) is 6.83. The Labute approximate surface area is 174 Å². The minimum absolute atomic E-state index is 0.121. The summed E-state index contributed by atoms with van der Waals surface area (Å²) in [5, 5.41) is 4.25. The van der Waals surface area contributed by atoms with Crippen LogP contribution < -0.4 is 14.8 Å². The fourth-order valence-electron chi connectivity index (χ4n) is 2.35. The lowest BCUT2D eigenvalue weighted by Gasteiger charge is -2.17. The lowest BCUT2D eigenvalue weighted by molar-refractivity contribution is -0.127. The van der Waals surface area contributed by atoms with Crippen molar-refractivity contribution in [1.29, 1.82) is 0 Å². The van der Waals surface area contributed by atoms with Gasteiger partial charge in [0.05, 0.1) is 7.11 Å². The van der Waals surface area contributed by atoms with Gasteiger partial charge in [0.1, 0.15) is 11.5 Å². The standard InChI is InChI=1S/C20H23Cl2NO3S/c1-3-19(26-15-9-7-14(25-2)8-10-15)20(24)23-11-12-27-13-16-17(21)5-4-6-18(16)22/h4-10,19H,3,11-13H2,1-2H3,(H,23,24)/t19-/m1/s1. The van der Waals surface area contributed by atoms with Crippen LogP contribution in [0.2, 0.25) is 10.0 Å². The summed E-state index contributed by atoms with van der Waals surface area (Å²) >= 11 is 14.0. The predicted octanol–water partition coefficient (Wildman–Crippen LogP) is 5.21. The predicted molar refractivity (Wildman–Crippen MR) is 113 cm³/mol. The molecule has 0 radical (unpaired) electrons. The van der Waals surface area contributed by atoms with Crippen LogP contribution in [0.5, 0.6) is 11.5 Å². The highest BCUT2D eigenvalue weighted by molar-refractivity contribution is 7.98. The van der Waals surface area contributed by atoms with Crippen molar-refractivity contribution in [3.05, 3.63) is 58.1 Å². The van der Waals surface area contributed by atoms with Crippen molar-refractivity contribution in [3.8, 4) is 11.5 Å². The van der Waals surface area contributed by atoms with E-state index in [2.05, 4.69) is 5.32 Å². The Morgan fingerprint density at radius 1 is 1.11 bits per heavy atom. The van der Waals surface area contributed by atoms with Gasteiger partial charge in [0.25, 0.3) is 5.91 Å². The molecule has 1 atom stereocenters. The van der Waals surface area contributed by atoms with Crippen LogP contribution >= 0.6 is 35.0 Å². The third-order valence-corrected chi connectivity index (χ3v) is 5.55. The van der Waals surface area contributed by atoms with Crippen molar-refractivity contribution in [2.75, 3.05) is 19.4 Å². The van der Waals surface area contributed by atoms with E-state index in [-0.39, 0.29) is 5.91 Å². The third-order valence-electron chi connectivity index (χ3n) is 3.85. The van der Waals surface area contributed by atoms with Gasteiger partial charge in [-0.2, -0.15) is 11.8 Å². The molecule has 2 rings (SSSR count). The number of methoxy groups -OCH3 is 1. The fraction of sp³-hybridized carbons (Fsp3) is 0.350. The van der Waals surface area contributed by atoms with Gasteiger partial charge in [-0.3, -0.25) is 4.79 Å². The van der Waals surface area contributed by atoms with Crippen LogP contribution in [0.1, 0.15) is 18.9 Å². The summed E-state index contributed by atoms with van der Waals surface area (Å²) in [5.74, 6) is 2.72. The molecule has 1 amide bonds. The molecule has 0 aliphatic rings. The van der Waals surface area contributed by atoms with Crippen molar-refractivity contribution in [2.45, 2.75) is 25.2 Å². The summed E-state index contributed by atoms with van der Waals surface area (Å²) in [6.07, 6.45) is 0.0571. The van der Waals surface area contributed by atoms with E-state index in [0.29, 0.717) is 34.5 Å². The molecule has 0 spiro atoms. The molecule has 0 aromatic heterocycles. The first-order valence-corrected chi connectivity index (χ1v) is 10.5. The van der Waals surface area contributed by atoms with Gasteiger partial charge in [0.15, 0.2) is 6.10 Å². The number of rotatable bonds is 10. The molecule has 0 saturated carbocycles. The van der Waals surface area contributed by atoms with E-state index in [4.69, 9.17) is 32.7 Å². The number of benzene rings is 2. The number of hydrogen-bond donors (Lipinski definition) is 1. The van der Waals surface area contributed by atoms with Crippen molar-refractivity contribution in [3.63, 3.8) is 0 Å². The molecule has 0 unspecified atom stereocenters. The molecule has 0 aliphatic heterocycles. The minimum Gasteiger partial charge on any atom is -0.497 e. The summed E-state index contributed by atoms with van der Waals surface area (Å²) in [5.41, 5.74) is 0.923. The number of thioether (sulfide) groups is 1. The van der Waals surface area contributed by atoms with E-state index in [1.54, 1.807) is 43.1 Å². The molecule has 0 bridgehead atoms. The Balaban J connectivity index is 1.74. The van der Waals surface area contributed by atoms with E-state index in [1.165, 1.54) is 0 Å². The van der Waals surface area contributed by atoms with E-state index < -0.39 is 6.10 Å². The van der Waals surface area contributed by atoms with Crippen molar-refractivity contribution in [1.82, 2.24) is 5.32 Å². The Bertz CT molecular complexity index is 720. The topological polar surface area (TPSA) is 47.6 Å². The van der Waals surface area contributed by atoms with E-state index in [1.807, 2.05) is 25.1 Å². The quantitative estimate of drug-likeness (QED) is 0.528. The molecule has 1 N–H and O–H groups in total. The first kappa shape index (κ1) is 21.7. The number of amides is 1. The van der Waals surface area contributed by atoms with Crippen LogP contribution in [0.3, 0.4) is 0 Å². The van der Waals surface area contributed by atoms with Crippen LogP contribution in [-0.2, 0) is 10.5 Å². The van der Waals surface area contributed by atoms with Gasteiger partial charge in [0, 0.05) is 28.1 Å². The largest absolute Gasteiger partial charge is 0.497 e. The van der Waals surface area contributed by atoms with Crippen molar-refractivity contribution >= 4 is 40.9 Å². The molecule has 2 aromatic carbocycles. The van der Waals surface area contributed by atoms with E-state index >= 15 is 0 Å². The maximum Gasteiger partial charge on any atom is 0.261 e. The van der Waals surface area contributed by atoms with Crippen molar-refractivity contribution in [2.24, 2.45) is 0 Å². The summed E-state index contributed by atoms with van der Waals surface area (Å²) in [6, 6.07) is 12.7. The number of halogens is 2. The molecular weight excluding hydrogens is 405 g/mol. The first-order chi connectivity index (χ1) is 13.0. The van der Waals surface area contributed by atoms with Gasteiger partial charge in [-0.15, -0.1) is 0 Å². The molecule has 4 nitrogen and oxygen atoms in total. The molecule has 27 heavy (non-hydrogen) atoms.